The number of benzene rings is 2. The molecular formula is C22H21N3O4S3. The summed E-state index contributed by atoms with van der Waals surface area (Å²) >= 11 is 3.22. The monoisotopic (exact) mass is 487 g/mol. The van der Waals surface area contributed by atoms with E-state index in [1.165, 1.54) is 4.31 Å². The number of rotatable bonds is 5. The zero-order valence-corrected chi connectivity index (χ0v) is 19.8. The van der Waals surface area contributed by atoms with E-state index >= 15 is 0 Å². The van der Waals surface area contributed by atoms with Crippen molar-refractivity contribution in [2.24, 2.45) is 0 Å². The van der Waals surface area contributed by atoms with Crippen molar-refractivity contribution in [1.82, 2.24) is 14.2 Å². The van der Waals surface area contributed by atoms with Gasteiger partial charge in [-0.2, -0.15) is 4.31 Å². The first-order valence-electron chi connectivity index (χ1n) is 10.2. The minimum Gasteiger partial charge on any atom is -0.483 e. The van der Waals surface area contributed by atoms with E-state index in [0.717, 1.165) is 25.3 Å². The molecule has 2 aromatic heterocycles. The van der Waals surface area contributed by atoms with Crippen LogP contribution in [0.15, 0.2) is 52.7 Å². The number of amides is 1. The van der Waals surface area contributed by atoms with Gasteiger partial charge in [-0.15, -0.1) is 22.7 Å². The number of piperazine rings is 1. The summed E-state index contributed by atoms with van der Waals surface area (Å²) in [6.45, 7) is 3.11. The highest BCUT2D eigenvalue weighted by atomic mass is 32.2. The highest BCUT2D eigenvalue weighted by Gasteiger charge is 2.30. The summed E-state index contributed by atoms with van der Waals surface area (Å²) in [5, 5.41) is 3.95. The van der Waals surface area contributed by atoms with Gasteiger partial charge in [-0.05, 0) is 30.5 Å². The molecule has 10 heteroatoms. The minimum atomic E-state index is -3.54. The van der Waals surface area contributed by atoms with E-state index in [-0.39, 0.29) is 30.5 Å². The van der Waals surface area contributed by atoms with Gasteiger partial charge < -0.3 is 9.64 Å². The average Bonchev–Trinajstić information content (AvgIpc) is 3.44. The van der Waals surface area contributed by atoms with Crippen LogP contribution >= 0.6 is 22.7 Å². The highest BCUT2D eigenvalue weighted by molar-refractivity contribution is 7.89. The van der Waals surface area contributed by atoms with Gasteiger partial charge in [0.05, 0.1) is 24.8 Å². The molecule has 0 spiro atoms. The van der Waals surface area contributed by atoms with E-state index in [1.807, 2.05) is 24.4 Å². The zero-order valence-electron chi connectivity index (χ0n) is 17.4. The maximum absolute atomic E-state index is 12.8. The highest BCUT2D eigenvalue weighted by Crippen LogP contribution is 2.38. The van der Waals surface area contributed by atoms with Gasteiger partial charge in [0, 0.05) is 37.6 Å². The summed E-state index contributed by atoms with van der Waals surface area (Å²) in [7, 11) is -3.54. The Morgan fingerprint density at radius 1 is 1.12 bits per heavy atom. The molecule has 2 aromatic carbocycles. The Kier molecular flexibility index (Phi) is 5.62. The molecule has 166 valence electrons. The summed E-state index contributed by atoms with van der Waals surface area (Å²) < 4.78 is 35.0. The van der Waals surface area contributed by atoms with Crippen molar-refractivity contribution in [3.63, 3.8) is 0 Å². The molecule has 3 heterocycles. The second-order valence-corrected chi connectivity index (χ2v) is 11.6. The predicted molar refractivity (Wildman–Crippen MR) is 127 cm³/mol. The maximum Gasteiger partial charge on any atom is 0.260 e. The number of carbonyl (C=O) groups excluding carboxylic acids is 1. The van der Waals surface area contributed by atoms with Crippen LogP contribution in [0.5, 0.6) is 5.75 Å². The number of fused-ring (bicyclic) bond motifs is 3. The molecule has 0 radical (unpaired) electrons. The molecule has 4 aromatic rings. The van der Waals surface area contributed by atoms with E-state index < -0.39 is 10.0 Å². The van der Waals surface area contributed by atoms with Crippen molar-refractivity contribution < 1.29 is 17.9 Å². The summed E-state index contributed by atoms with van der Waals surface area (Å²) in [6.07, 6.45) is 0. The van der Waals surface area contributed by atoms with E-state index in [9.17, 15) is 13.2 Å². The standard InChI is InChI=1S/C22H21N3O4S3/c1-15-23-21-19(31-15)13-18(17-7-12-30-22(17)21)29-14-20(26)24-8-10-25(11-9-24)32(27,28)16-5-3-2-4-6-16/h2-7,12-13H,8-11,14H2,1H3. The lowest BCUT2D eigenvalue weighted by Crippen LogP contribution is -2.51. The largest absolute Gasteiger partial charge is 0.483 e. The molecule has 0 atom stereocenters. The van der Waals surface area contributed by atoms with Crippen molar-refractivity contribution in [3.8, 4) is 5.75 Å². The topological polar surface area (TPSA) is 79.8 Å². The van der Waals surface area contributed by atoms with Crippen LogP contribution in [-0.2, 0) is 14.8 Å². The van der Waals surface area contributed by atoms with Crippen molar-refractivity contribution >= 4 is 58.9 Å². The number of carbonyl (C=O) groups is 1. The molecule has 5 rings (SSSR count). The van der Waals surface area contributed by atoms with Crippen LogP contribution in [0, 0.1) is 6.92 Å². The molecular weight excluding hydrogens is 466 g/mol. The van der Waals surface area contributed by atoms with Gasteiger partial charge in [-0.25, -0.2) is 13.4 Å². The zero-order chi connectivity index (χ0) is 22.3. The maximum atomic E-state index is 12.8. The Morgan fingerprint density at radius 2 is 1.88 bits per heavy atom. The molecule has 7 nitrogen and oxygen atoms in total. The molecule has 0 bridgehead atoms. The molecule has 1 amide bonds. The Balaban J connectivity index is 1.25. The summed E-state index contributed by atoms with van der Waals surface area (Å²) in [5.41, 5.74) is 0.979. The molecule has 1 aliphatic heterocycles. The number of aromatic nitrogens is 1. The molecule has 0 unspecified atom stereocenters. The number of sulfonamides is 1. The third-order valence-corrected chi connectivity index (χ3v) is 9.24. The molecule has 1 aliphatic rings. The van der Waals surface area contributed by atoms with Gasteiger partial charge in [-0.3, -0.25) is 4.79 Å². The summed E-state index contributed by atoms with van der Waals surface area (Å²) in [6, 6.07) is 12.3. The van der Waals surface area contributed by atoms with Crippen LogP contribution in [-0.4, -0.2) is 61.3 Å². The van der Waals surface area contributed by atoms with Crippen LogP contribution in [0.2, 0.25) is 0 Å². The second-order valence-electron chi connectivity index (χ2n) is 7.50. The van der Waals surface area contributed by atoms with Gasteiger partial charge in [0.2, 0.25) is 10.0 Å². The Bertz CT molecular complexity index is 1390. The van der Waals surface area contributed by atoms with Crippen molar-refractivity contribution in [2.75, 3.05) is 32.8 Å². The lowest BCUT2D eigenvalue weighted by atomic mass is 10.2. The Morgan fingerprint density at radius 3 is 2.62 bits per heavy atom. The number of ether oxygens (including phenoxy) is 1. The minimum absolute atomic E-state index is 0.0837. The molecule has 32 heavy (non-hydrogen) atoms. The fourth-order valence-corrected chi connectivity index (χ4v) is 7.13. The van der Waals surface area contributed by atoms with Crippen molar-refractivity contribution in [1.29, 1.82) is 0 Å². The summed E-state index contributed by atoms with van der Waals surface area (Å²) in [4.78, 5) is 19.3. The fraction of sp³-hybridized carbons (Fsp3) is 0.273. The number of nitrogens with zero attached hydrogens (tertiary/aromatic N) is 3. The van der Waals surface area contributed by atoms with Gasteiger partial charge in [0.15, 0.2) is 6.61 Å². The average molecular weight is 488 g/mol. The molecule has 0 saturated carbocycles. The molecule has 1 fully saturated rings. The van der Waals surface area contributed by atoms with Gasteiger partial charge in [-0.1, -0.05) is 18.2 Å². The van der Waals surface area contributed by atoms with Crippen LogP contribution < -0.4 is 4.74 Å². The number of hydrogen-bond donors (Lipinski definition) is 0. The fourth-order valence-electron chi connectivity index (χ4n) is 3.86. The Labute approximate surface area is 193 Å². The summed E-state index contributed by atoms with van der Waals surface area (Å²) in [5.74, 6) is 0.529. The second kappa shape index (κ2) is 8.43. The number of thiophene rings is 1. The van der Waals surface area contributed by atoms with Crippen LogP contribution in [0.3, 0.4) is 0 Å². The van der Waals surface area contributed by atoms with E-state index in [1.54, 1.807) is 57.9 Å². The molecule has 0 N–H and O–H groups in total. The third kappa shape index (κ3) is 3.88. The van der Waals surface area contributed by atoms with Gasteiger partial charge >= 0.3 is 0 Å². The normalized spacial score (nSPS) is 15.5. The first-order chi connectivity index (χ1) is 15.4. The lowest BCUT2D eigenvalue weighted by molar-refractivity contribution is -0.134. The quantitative estimate of drug-likeness (QED) is 0.429. The smallest absolute Gasteiger partial charge is 0.260 e. The number of aryl methyl sites for hydroxylation is 1. The molecule has 1 saturated heterocycles. The first-order valence-corrected chi connectivity index (χ1v) is 13.3. The van der Waals surface area contributed by atoms with E-state index in [0.29, 0.717) is 18.8 Å². The van der Waals surface area contributed by atoms with Gasteiger partial charge in [0.25, 0.3) is 5.91 Å². The van der Waals surface area contributed by atoms with Crippen LogP contribution in [0.25, 0.3) is 20.3 Å². The SMILES string of the molecule is Cc1nc2c(cc(OCC(=O)N3CCN(S(=O)(=O)c4ccccc4)CC3)c3ccsc32)s1. The van der Waals surface area contributed by atoms with Gasteiger partial charge in [0.1, 0.15) is 5.75 Å². The lowest BCUT2D eigenvalue weighted by Gasteiger charge is -2.34. The predicted octanol–water partition coefficient (Wildman–Crippen LogP) is 3.73. The van der Waals surface area contributed by atoms with Crippen molar-refractivity contribution in [3.05, 3.63) is 52.9 Å². The number of thiazole rings is 1. The third-order valence-electron chi connectivity index (χ3n) is 5.49. The van der Waals surface area contributed by atoms with Crippen LogP contribution in [0.4, 0.5) is 0 Å². The number of hydrogen-bond acceptors (Lipinski definition) is 7. The first kappa shape index (κ1) is 21.3. The van der Waals surface area contributed by atoms with Crippen LogP contribution in [0.1, 0.15) is 5.01 Å². The Hall–Kier alpha value is -2.53. The van der Waals surface area contributed by atoms with E-state index in [2.05, 4.69) is 4.98 Å². The van der Waals surface area contributed by atoms with E-state index in [4.69, 9.17) is 4.74 Å². The molecule has 0 aliphatic carbocycles. The van der Waals surface area contributed by atoms with Crippen molar-refractivity contribution in [2.45, 2.75) is 11.8 Å².